The van der Waals surface area contributed by atoms with E-state index in [1.807, 2.05) is 38.7 Å². The van der Waals surface area contributed by atoms with E-state index < -0.39 is 5.60 Å². The summed E-state index contributed by atoms with van der Waals surface area (Å²) in [4.78, 5) is 6.12. The first-order valence-corrected chi connectivity index (χ1v) is 14.7. The first-order chi connectivity index (χ1) is 18.7. The number of ether oxygens (including phenoxy) is 1. The summed E-state index contributed by atoms with van der Waals surface area (Å²) in [6, 6.07) is 13.2. The monoisotopic (exact) mass is 543 g/mol. The Morgan fingerprint density at radius 1 is 1.13 bits per heavy atom. The molecule has 39 heavy (non-hydrogen) atoms. The highest BCUT2D eigenvalue weighted by atomic mass is 32.1. The first-order valence-electron chi connectivity index (χ1n) is 13.8. The number of thiophene rings is 1. The number of aromatic nitrogens is 5. The quantitative estimate of drug-likeness (QED) is 0.257. The Labute approximate surface area is 233 Å². The number of hydrogen-bond donors (Lipinski definition) is 1. The van der Waals surface area contributed by atoms with Crippen LogP contribution in [0.1, 0.15) is 74.2 Å². The molecule has 4 aromatic heterocycles. The van der Waals surface area contributed by atoms with Gasteiger partial charge in [-0.1, -0.05) is 49.4 Å². The zero-order valence-corrected chi connectivity index (χ0v) is 24.4. The van der Waals surface area contributed by atoms with Gasteiger partial charge in [-0.05, 0) is 62.6 Å². The molecule has 0 bridgehead atoms. The molecule has 0 aliphatic carbocycles. The molecule has 7 nitrogen and oxygen atoms in total. The van der Waals surface area contributed by atoms with Crippen molar-refractivity contribution in [1.29, 1.82) is 0 Å². The van der Waals surface area contributed by atoms with Crippen molar-refractivity contribution in [2.24, 2.45) is 13.0 Å². The summed E-state index contributed by atoms with van der Waals surface area (Å²) in [7, 11) is 1.93. The summed E-state index contributed by atoms with van der Waals surface area (Å²) >= 11 is 1.69. The Hall–Kier alpha value is -3.07. The van der Waals surface area contributed by atoms with Crippen molar-refractivity contribution in [3.63, 3.8) is 0 Å². The highest BCUT2D eigenvalue weighted by Crippen LogP contribution is 2.49. The molecular weight excluding hydrogens is 506 g/mol. The predicted molar refractivity (Wildman–Crippen MR) is 157 cm³/mol. The Balaban J connectivity index is 1.74. The van der Waals surface area contributed by atoms with Gasteiger partial charge in [0.2, 0.25) is 0 Å². The van der Waals surface area contributed by atoms with Crippen molar-refractivity contribution >= 4 is 32.6 Å². The normalized spacial score (nSPS) is 16.1. The molecule has 5 aromatic rings. The number of aliphatic hydroxyl groups is 1. The lowest BCUT2D eigenvalue weighted by Gasteiger charge is -2.33. The zero-order chi connectivity index (χ0) is 27.5. The third-order valence-corrected chi connectivity index (χ3v) is 9.55. The fraction of sp³-hybridized carbons (Fsp3) is 0.452. The van der Waals surface area contributed by atoms with Crippen LogP contribution in [0.5, 0.6) is 0 Å². The van der Waals surface area contributed by atoms with Gasteiger partial charge in [0.1, 0.15) is 5.52 Å². The third-order valence-electron chi connectivity index (χ3n) is 8.04. The number of aryl methyl sites for hydroxylation is 2. The van der Waals surface area contributed by atoms with Crippen LogP contribution >= 0.6 is 11.3 Å². The van der Waals surface area contributed by atoms with Crippen LogP contribution in [0.4, 0.5) is 0 Å². The molecule has 204 valence electrons. The number of nitrogens with zero attached hydrogens (tertiary/aromatic N) is 5. The third kappa shape index (κ3) is 4.39. The summed E-state index contributed by atoms with van der Waals surface area (Å²) in [5, 5.41) is 19.8. The molecule has 1 aromatic carbocycles. The molecule has 0 radical (unpaired) electrons. The van der Waals surface area contributed by atoms with E-state index in [2.05, 4.69) is 65.1 Å². The lowest BCUT2D eigenvalue weighted by Crippen LogP contribution is -2.27. The van der Waals surface area contributed by atoms with E-state index in [9.17, 15) is 5.11 Å². The number of rotatable bonds is 6. The molecule has 0 spiro atoms. The lowest BCUT2D eigenvalue weighted by atomic mass is 9.86. The number of fused-ring (bicyclic) bond motifs is 3. The maximum absolute atomic E-state index is 11.3. The number of pyridine rings is 1. The molecule has 1 atom stereocenters. The first kappa shape index (κ1) is 26.2. The smallest absolute Gasteiger partial charge is 0.106 e. The lowest BCUT2D eigenvalue weighted by molar-refractivity contribution is 0.0552. The van der Waals surface area contributed by atoms with Crippen molar-refractivity contribution < 1.29 is 9.84 Å². The summed E-state index contributed by atoms with van der Waals surface area (Å²) in [6.07, 6.45) is 3.94. The number of benzene rings is 1. The summed E-state index contributed by atoms with van der Waals surface area (Å²) in [5.74, 6) is 0.645. The van der Waals surface area contributed by atoms with Crippen molar-refractivity contribution in [2.75, 3.05) is 13.2 Å². The minimum Gasteiger partial charge on any atom is -0.385 e. The van der Waals surface area contributed by atoms with E-state index in [1.54, 1.807) is 11.3 Å². The molecule has 1 N–H and O–H groups in total. The molecule has 1 saturated heterocycles. The molecule has 0 unspecified atom stereocenters. The Kier molecular flexibility index (Phi) is 6.60. The Morgan fingerprint density at radius 3 is 2.46 bits per heavy atom. The fourth-order valence-corrected chi connectivity index (χ4v) is 7.80. The molecule has 0 saturated carbocycles. The van der Waals surface area contributed by atoms with Gasteiger partial charge < -0.3 is 14.4 Å². The Bertz CT molecular complexity index is 1620. The van der Waals surface area contributed by atoms with Crippen molar-refractivity contribution in [3.05, 3.63) is 64.3 Å². The maximum atomic E-state index is 11.3. The second-order valence-electron chi connectivity index (χ2n) is 11.7. The van der Waals surface area contributed by atoms with E-state index in [-0.39, 0.29) is 12.0 Å². The van der Waals surface area contributed by atoms with Crippen LogP contribution in [0.3, 0.4) is 0 Å². The van der Waals surface area contributed by atoms with Gasteiger partial charge in [-0.3, -0.25) is 4.98 Å². The summed E-state index contributed by atoms with van der Waals surface area (Å²) in [5.41, 5.74) is 7.72. The maximum Gasteiger partial charge on any atom is 0.106 e. The van der Waals surface area contributed by atoms with Crippen molar-refractivity contribution in [3.8, 4) is 11.3 Å². The summed E-state index contributed by atoms with van der Waals surface area (Å²) in [6.45, 7) is 11.8. The van der Waals surface area contributed by atoms with Crippen LogP contribution < -0.4 is 0 Å². The molecule has 0 amide bonds. The minimum atomic E-state index is -0.946. The van der Waals surface area contributed by atoms with Gasteiger partial charge in [0.15, 0.2) is 0 Å². The molecule has 6 rings (SSSR count). The molecule has 1 aliphatic rings. The number of hydrogen-bond acceptors (Lipinski definition) is 6. The average Bonchev–Trinajstić information content (AvgIpc) is 3.56. The average molecular weight is 544 g/mol. The van der Waals surface area contributed by atoms with E-state index >= 15 is 0 Å². The topological polar surface area (TPSA) is 78.0 Å². The standard InChI is InChI=1S/C31H37N5O2S/c1-18(2)24-28-29(39-30(24)31(4,5)37)25-23(16-22(17-32-25)26-19(3)33-34-35(26)6)36(28)27(20-10-8-7-9-11-20)21-12-14-38-15-13-21/h7-11,16-18,21,27,37H,12-15H2,1-6H3/t27-/m1/s1. The molecule has 8 heteroatoms. The minimum absolute atomic E-state index is 0.111. The zero-order valence-electron chi connectivity index (χ0n) is 23.6. The van der Waals surface area contributed by atoms with Gasteiger partial charge in [0.25, 0.3) is 0 Å². The van der Waals surface area contributed by atoms with E-state index in [0.717, 1.165) is 63.6 Å². The predicted octanol–water partition coefficient (Wildman–Crippen LogP) is 6.72. The summed E-state index contributed by atoms with van der Waals surface area (Å²) < 4.78 is 11.3. The van der Waals surface area contributed by atoms with Gasteiger partial charge in [0, 0.05) is 36.9 Å². The van der Waals surface area contributed by atoms with Crippen LogP contribution in [0.25, 0.3) is 32.5 Å². The highest BCUT2D eigenvalue weighted by molar-refractivity contribution is 7.20. The van der Waals surface area contributed by atoms with Crippen LogP contribution in [0.2, 0.25) is 0 Å². The van der Waals surface area contributed by atoms with Crippen LogP contribution in [-0.2, 0) is 17.4 Å². The van der Waals surface area contributed by atoms with E-state index in [4.69, 9.17) is 9.72 Å². The van der Waals surface area contributed by atoms with E-state index in [0.29, 0.717) is 5.92 Å². The van der Waals surface area contributed by atoms with Gasteiger partial charge in [-0.2, -0.15) is 0 Å². The van der Waals surface area contributed by atoms with Crippen molar-refractivity contribution in [2.45, 2.75) is 65.0 Å². The molecule has 1 aliphatic heterocycles. The van der Waals surface area contributed by atoms with Gasteiger partial charge in [-0.25, -0.2) is 4.68 Å². The highest BCUT2D eigenvalue weighted by Gasteiger charge is 2.35. The van der Waals surface area contributed by atoms with Crippen molar-refractivity contribution in [1.82, 2.24) is 24.5 Å². The molecule has 1 fully saturated rings. The van der Waals surface area contributed by atoms with E-state index in [1.165, 1.54) is 16.6 Å². The fourth-order valence-electron chi connectivity index (χ4n) is 6.35. The van der Waals surface area contributed by atoms with Gasteiger partial charge in [-0.15, -0.1) is 16.4 Å². The van der Waals surface area contributed by atoms with Gasteiger partial charge in [0.05, 0.1) is 38.8 Å². The second-order valence-corrected chi connectivity index (χ2v) is 12.7. The van der Waals surface area contributed by atoms with Crippen LogP contribution in [0, 0.1) is 12.8 Å². The van der Waals surface area contributed by atoms with Gasteiger partial charge >= 0.3 is 0 Å². The Morgan fingerprint density at radius 2 is 1.85 bits per heavy atom. The SMILES string of the molecule is Cc1nnn(C)c1-c1cnc2c3sc(C(C)(C)O)c(C(C)C)c3n([C@H](c3ccccc3)C3CCOCC3)c2c1. The second kappa shape index (κ2) is 9.84. The van der Waals surface area contributed by atoms with Crippen LogP contribution in [-0.4, -0.2) is 42.9 Å². The largest absolute Gasteiger partial charge is 0.385 e. The molecular formula is C31H37N5O2S. The molecule has 5 heterocycles. The van der Waals surface area contributed by atoms with Crippen LogP contribution in [0.15, 0.2) is 42.6 Å².